The van der Waals surface area contributed by atoms with Crippen LogP contribution in [0.2, 0.25) is 0 Å². The number of rotatable bonds is 7. The van der Waals surface area contributed by atoms with Gasteiger partial charge in [0.2, 0.25) is 0 Å². The number of anilines is 1. The summed E-state index contributed by atoms with van der Waals surface area (Å²) >= 11 is 0. The summed E-state index contributed by atoms with van der Waals surface area (Å²) in [7, 11) is 1.91. The average molecular weight is 276 g/mol. The zero-order valence-corrected chi connectivity index (χ0v) is 13.5. The van der Waals surface area contributed by atoms with E-state index < -0.39 is 0 Å². The lowest BCUT2D eigenvalue weighted by atomic mass is 10.1. The van der Waals surface area contributed by atoms with E-state index in [4.69, 9.17) is 0 Å². The van der Waals surface area contributed by atoms with Gasteiger partial charge in [0.1, 0.15) is 0 Å². The van der Waals surface area contributed by atoms with E-state index in [9.17, 15) is 4.79 Å². The van der Waals surface area contributed by atoms with Gasteiger partial charge in [0, 0.05) is 25.3 Å². The normalized spacial score (nSPS) is 10.7. The maximum absolute atomic E-state index is 12.7. The third-order valence-corrected chi connectivity index (χ3v) is 3.78. The predicted octanol–water partition coefficient (Wildman–Crippen LogP) is 4.08. The fourth-order valence-electron chi connectivity index (χ4n) is 2.44. The summed E-state index contributed by atoms with van der Waals surface area (Å²) in [6, 6.07) is 6.35. The number of benzene rings is 1. The van der Waals surface area contributed by atoms with Crippen LogP contribution >= 0.6 is 0 Å². The van der Waals surface area contributed by atoms with Crippen LogP contribution in [-0.4, -0.2) is 30.4 Å². The summed E-state index contributed by atoms with van der Waals surface area (Å²) in [6.45, 7) is 9.30. The molecule has 1 aromatic rings. The van der Waals surface area contributed by atoms with Crippen molar-refractivity contribution < 1.29 is 4.79 Å². The molecule has 0 radical (unpaired) electrons. The molecule has 1 aromatic carbocycles. The molecule has 3 heteroatoms. The first kappa shape index (κ1) is 16.5. The second kappa shape index (κ2) is 7.93. The number of carbonyl (C=O) groups is 1. The van der Waals surface area contributed by atoms with E-state index in [0.717, 1.165) is 42.6 Å². The SMILES string of the molecule is CCCNc1ccc(C)cc1C(=O)N(C)C(CC)CC. The molecule has 0 aromatic heterocycles. The molecule has 0 aliphatic heterocycles. The van der Waals surface area contributed by atoms with Crippen molar-refractivity contribution in [1.29, 1.82) is 0 Å². The third kappa shape index (κ3) is 3.99. The molecule has 0 fully saturated rings. The fourth-order valence-corrected chi connectivity index (χ4v) is 2.44. The number of amides is 1. The van der Waals surface area contributed by atoms with Crippen LogP contribution in [0.25, 0.3) is 0 Å². The molecule has 1 N–H and O–H groups in total. The van der Waals surface area contributed by atoms with Gasteiger partial charge in [0.25, 0.3) is 5.91 Å². The van der Waals surface area contributed by atoms with E-state index in [1.165, 1.54) is 0 Å². The molecule has 1 amide bonds. The van der Waals surface area contributed by atoms with Crippen molar-refractivity contribution in [1.82, 2.24) is 4.90 Å². The minimum atomic E-state index is 0.112. The summed E-state index contributed by atoms with van der Waals surface area (Å²) in [5.74, 6) is 0.112. The highest BCUT2D eigenvalue weighted by Crippen LogP contribution is 2.21. The van der Waals surface area contributed by atoms with Crippen LogP contribution in [0.3, 0.4) is 0 Å². The Bertz CT molecular complexity index is 439. The number of aryl methyl sites for hydroxylation is 1. The molecule has 0 atom stereocenters. The number of nitrogens with zero attached hydrogens (tertiary/aromatic N) is 1. The lowest BCUT2D eigenvalue weighted by Gasteiger charge is -2.27. The van der Waals surface area contributed by atoms with Gasteiger partial charge in [0.05, 0.1) is 5.56 Å². The molecular formula is C17H28N2O. The van der Waals surface area contributed by atoms with Crippen LogP contribution in [0.5, 0.6) is 0 Å². The monoisotopic (exact) mass is 276 g/mol. The van der Waals surface area contributed by atoms with Crippen LogP contribution < -0.4 is 5.32 Å². The Hall–Kier alpha value is -1.51. The van der Waals surface area contributed by atoms with Crippen molar-refractivity contribution in [3.63, 3.8) is 0 Å². The van der Waals surface area contributed by atoms with E-state index in [-0.39, 0.29) is 5.91 Å². The first-order valence-electron chi connectivity index (χ1n) is 7.66. The Morgan fingerprint density at radius 1 is 1.25 bits per heavy atom. The summed E-state index contributed by atoms with van der Waals surface area (Å²) < 4.78 is 0. The van der Waals surface area contributed by atoms with Gasteiger partial charge in [-0.2, -0.15) is 0 Å². The number of nitrogens with one attached hydrogen (secondary N) is 1. The topological polar surface area (TPSA) is 32.3 Å². The van der Waals surface area contributed by atoms with Gasteiger partial charge in [-0.15, -0.1) is 0 Å². The van der Waals surface area contributed by atoms with E-state index in [0.29, 0.717) is 6.04 Å². The van der Waals surface area contributed by atoms with Crippen molar-refractivity contribution in [3.05, 3.63) is 29.3 Å². The molecular weight excluding hydrogens is 248 g/mol. The maximum atomic E-state index is 12.7. The van der Waals surface area contributed by atoms with Crippen LogP contribution in [0, 0.1) is 6.92 Å². The Morgan fingerprint density at radius 2 is 1.90 bits per heavy atom. The smallest absolute Gasteiger partial charge is 0.255 e. The Balaban J connectivity index is 3.03. The zero-order chi connectivity index (χ0) is 15.1. The van der Waals surface area contributed by atoms with Crippen molar-refractivity contribution in [2.45, 2.75) is 53.0 Å². The van der Waals surface area contributed by atoms with Crippen LogP contribution in [0.15, 0.2) is 18.2 Å². The number of hydrogen-bond acceptors (Lipinski definition) is 2. The molecule has 0 spiro atoms. The van der Waals surface area contributed by atoms with Crippen molar-refractivity contribution >= 4 is 11.6 Å². The number of hydrogen-bond donors (Lipinski definition) is 1. The highest BCUT2D eigenvalue weighted by Gasteiger charge is 2.20. The van der Waals surface area contributed by atoms with Gasteiger partial charge < -0.3 is 10.2 Å². The van der Waals surface area contributed by atoms with E-state index in [2.05, 4.69) is 26.1 Å². The molecule has 0 aliphatic carbocycles. The van der Waals surface area contributed by atoms with Gasteiger partial charge in [-0.05, 0) is 38.3 Å². The Morgan fingerprint density at radius 3 is 2.45 bits per heavy atom. The largest absolute Gasteiger partial charge is 0.384 e. The Labute approximate surface area is 123 Å². The molecule has 20 heavy (non-hydrogen) atoms. The van der Waals surface area contributed by atoms with Gasteiger partial charge in [-0.1, -0.05) is 32.4 Å². The molecule has 0 unspecified atom stereocenters. The maximum Gasteiger partial charge on any atom is 0.255 e. The van der Waals surface area contributed by atoms with Gasteiger partial charge in [-0.3, -0.25) is 4.79 Å². The van der Waals surface area contributed by atoms with E-state index in [1.807, 2.05) is 37.1 Å². The molecule has 1 rings (SSSR count). The molecule has 0 heterocycles. The number of carbonyl (C=O) groups excluding carboxylic acids is 1. The molecule has 0 aliphatic rings. The van der Waals surface area contributed by atoms with Crippen molar-refractivity contribution in [2.24, 2.45) is 0 Å². The summed E-state index contributed by atoms with van der Waals surface area (Å²) in [5, 5.41) is 3.35. The molecule has 112 valence electrons. The van der Waals surface area contributed by atoms with E-state index >= 15 is 0 Å². The first-order chi connectivity index (χ1) is 9.54. The first-order valence-corrected chi connectivity index (χ1v) is 7.66. The summed E-state index contributed by atoms with van der Waals surface area (Å²) in [4.78, 5) is 14.6. The highest BCUT2D eigenvalue weighted by atomic mass is 16.2. The predicted molar refractivity (Wildman–Crippen MR) is 86.4 cm³/mol. The molecule has 3 nitrogen and oxygen atoms in total. The van der Waals surface area contributed by atoms with Crippen molar-refractivity contribution in [3.8, 4) is 0 Å². The van der Waals surface area contributed by atoms with Crippen LogP contribution in [0.1, 0.15) is 56.0 Å². The van der Waals surface area contributed by atoms with E-state index in [1.54, 1.807) is 0 Å². The third-order valence-electron chi connectivity index (χ3n) is 3.78. The Kier molecular flexibility index (Phi) is 6.56. The zero-order valence-electron chi connectivity index (χ0n) is 13.5. The second-order valence-corrected chi connectivity index (χ2v) is 5.36. The standard InChI is InChI=1S/C17H28N2O/c1-6-11-18-16-10-9-13(4)12-15(16)17(20)19(5)14(7-2)8-3/h9-10,12,14,18H,6-8,11H2,1-5H3. The lowest BCUT2D eigenvalue weighted by Crippen LogP contribution is -2.36. The fraction of sp³-hybridized carbons (Fsp3) is 0.588. The molecule has 0 saturated heterocycles. The second-order valence-electron chi connectivity index (χ2n) is 5.36. The quantitative estimate of drug-likeness (QED) is 0.814. The summed E-state index contributed by atoms with van der Waals surface area (Å²) in [6.07, 6.45) is 3.02. The van der Waals surface area contributed by atoms with Crippen LogP contribution in [0.4, 0.5) is 5.69 Å². The van der Waals surface area contributed by atoms with Gasteiger partial charge in [0.15, 0.2) is 0 Å². The van der Waals surface area contributed by atoms with Gasteiger partial charge >= 0.3 is 0 Å². The molecule has 0 saturated carbocycles. The minimum absolute atomic E-state index is 0.112. The molecule has 0 bridgehead atoms. The van der Waals surface area contributed by atoms with Crippen LogP contribution in [-0.2, 0) is 0 Å². The average Bonchev–Trinajstić information content (AvgIpc) is 2.46. The van der Waals surface area contributed by atoms with Gasteiger partial charge in [-0.25, -0.2) is 0 Å². The minimum Gasteiger partial charge on any atom is -0.384 e. The lowest BCUT2D eigenvalue weighted by molar-refractivity contribution is 0.0724. The summed E-state index contributed by atoms with van der Waals surface area (Å²) in [5.41, 5.74) is 2.85. The van der Waals surface area contributed by atoms with Crippen molar-refractivity contribution in [2.75, 3.05) is 18.9 Å². The highest BCUT2D eigenvalue weighted by molar-refractivity contribution is 5.99.